The van der Waals surface area contributed by atoms with E-state index >= 15 is 0 Å². The summed E-state index contributed by atoms with van der Waals surface area (Å²) in [6.07, 6.45) is 4.00. The molecule has 32 heavy (non-hydrogen) atoms. The second kappa shape index (κ2) is 8.81. The smallest absolute Gasteiger partial charge is 0.227 e. The van der Waals surface area contributed by atoms with Crippen LogP contribution in [0.5, 0.6) is 0 Å². The van der Waals surface area contributed by atoms with E-state index in [4.69, 9.17) is 14.7 Å². The van der Waals surface area contributed by atoms with E-state index in [1.165, 1.54) is 5.56 Å². The molecule has 2 aliphatic rings. The average Bonchev–Trinajstić information content (AvgIpc) is 2.71. The quantitative estimate of drug-likeness (QED) is 0.773. The highest BCUT2D eigenvalue weighted by molar-refractivity contribution is 5.83. The third-order valence-electron chi connectivity index (χ3n) is 6.65. The van der Waals surface area contributed by atoms with Gasteiger partial charge >= 0.3 is 0 Å². The molecule has 1 fully saturated rings. The Bertz CT molecular complexity index is 962. The van der Waals surface area contributed by atoms with Gasteiger partial charge in [-0.2, -0.15) is 0 Å². The molecular weight excluding hydrogens is 400 g/mol. The predicted octanol–water partition coefficient (Wildman–Crippen LogP) is 4.33. The summed E-state index contributed by atoms with van der Waals surface area (Å²) < 4.78 is 5.87. The molecule has 6 heteroatoms. The molecule has 2 aromatic rings. The Kier molecular flexibility index (Phi) is 6.26. The number of hydrogen-bond acceptors (Lipinski definition) is 5. The summed E-state index contributed by atoms with van der Waals surface area (Å²) in [5.41, 5.74) is 4.38. The van der Waals surface area contributed by atoms with Gasteiger partial charge in [0.25, 0.3) is 0 Å². The molecule has 0 saturated carbocycles. The van der Waals surface area contributed by atoms with Crippen LogP contribution in [0.15, 0.2) is 30.5 Å². The maximum Gasteiger partial charge on any atom is 0.227 e. The van der Waals surface area contributed by atoms with Crippen molar-refractivity contribution >= 4 is 11.9 Å². The molecule has 2 heterocycles. The van der Waals surface area contributed by atoms with Crippen molar-refractivity contribution in [3.8, 4) is 0 Å². The average molecular weight is 437 g/mol. The Morgan fingerprint density at radius 3 is 2.50 bits per heavy atom. The third-order valence-corrected chi connectivity index (χ3v) is 6.65. The Morgan fingerprint density at radius 1 is 1.19 bits per heavy atom. The van der Waals surface area contributed by atoms with Crippen molar-refractivity contribution in [2.24, 2.45) is 5.41 Å². The number of nitrogens with zero attached hydrogens (tertiary/aromatic N) is 3. The van der Waals surface area contributed by atoms with Gasteiger partial charge in [-0.05, 0) is 51.5 Å². The predicted molar refractivity (Wildman–Crippen MR) is 127 cm³/mol. The van der Waals surface area contributed by atoms with Crippen LogP contribution in [0.3, 0.4) is 0 Å². The molecule has 1 saturated heterocycles. The third kappa shape index (κ3) is 4.96. The van der Waals surface area contributed by atoms with Crippen molar-refractivity contribution in [2.45, 2.75) is 78.6 Å². The van der Waals surface area contributed by atoms with Crippen LogP contribution >= 0.6 is 0 Å². The van der Waals surface area contributed by atoms with E-state index in [1.807, 2.05) is 25.3 Å². The van der Waals surface area contributed by atoms with E-state index in [-0.39, 0.29) is 35.5 Å². The van der Waals surface area contributed by atoms with Crippen molar-refractivity contribution in [1.29, 1.82) is 0 Å². The molecule has 1 aliphatic heterocycles. The van der Waals surface area contributed by atoms with Crippen LogP contribution < -0.4 is 10.2 Å². The molecule has 1 aliphatic carbocycles. The molecule has 1 amide bonds. The van der Waals surface area contributed by atoms with Crippen LogP contribution in [0.25, 0.3) is 0 Å². The van der Waals surface area contributed by atoms with Crippen molar-refractivity contribution in [3.63, 3.8) is 0 Å². The molecule has 0 radical (unpaired) electrons. The Balaban J connectivity index is 1.56. The van der Waals surface area contributed by atoms with E-state index in [1.54, 1.807) is 0 Å². The number of fused-ring (bicyclic) bond motifs is 1. The number of amides is 1. The standard InChI is InChI=1S/C26H36N4O2/c1-16-7-9-20(10-8-16)19(4)24(31)28-22-11-26(5,6)12-23-21(22)13-27-25(29-23)30-14-17(2)32-18(3)15-30/h7-10,13,17-19,22H,11-12,14-15H2,1-6H3,(H,28,31)/t17-,18+,19-,22+/m0/s1. The number of anilines is 1. The van der Waals surface area contributed by atoms with Crippen molar-refractivity contribution in [3.05, 3.63) is 52.8 Å². The number of nitrogens with one attached hydrogen (secondary N) is 1. The van der Waals surface area contributed by atoms with Crippen LogP contribution in [-0.4, -0.2) is 41.2 Å². The summed E-state index contributed by atoms with van der Waals surface area (Å²) >= 11 is 0. The van der Waals surface area contributed by atoms with Gasteiger partial charge in [0.05, 0.1) is 29.9 Å². The van der Waals surface area contributed by atoms with E-state index < -0.39 is 0 Å². The fourth-order valence-electron chi connectivity index (χ4n) is 4.96. The van der Waals surface area contributed by atoms with Gasteiger partial charge in [-0.15, -0.1) is 0 Å². The lowest BCUT2D eigenvalue weighted by atomic mass is 9.74. The van der Waals surface area contributed by atoms with Gasteiger partial charge in [0, 0.05) is 24.8 Å². The maximum absolute atomic E-state index is 13.1. The number of carbonyl (C=O) groups is 1. The SMILES string of the molecule is Cc1ccc([C@H](C)C(=O)N[C@@H]2CC(C)(C)Cc3nc(N4C[C@@H](C)O[C@@H](C)C4)ncc32)cc1. The number of hydrogen-bond donors (Lipinski definition) is 1. The van der Waals surface area contributed by atoms with Crippen molar-refractivity contribution < 1.29 is 9.53 Å². The van der Waals surface area contributed by atoms with Crippen molar-refractivity contribution in [2.75, 3.05) is 18.0 Å². The molecule has 4 rings (SSSR count). The molecule has 0 unspecified atom stereocenters. The number of aryl methyl sites for hydroxylation is 1. The highest BCUT2D eigenvalue weighted by Crippen LogP contribution is 2.40. The van der Waals surface area contributed by atoms with Crippen LogP contribution in [0.4, 0.5) is 5.95 Å². The molecular formula is C26H36N4O2. The zero-order valence-electron chi connectivity index (χ0n) is 20.2. The van der Waals surface area contributed by atoms with Gasteiger partial charge in [-0.1, -0.05) is 43.7 Å². The second-order valence-electron chi connectivity index (χ2n) is 10.5. The maximum atomic E-state index is 13.1. The molecule has 4 atom stereocenters. The van der Waals surface area contributed by atoms with Crippen molar-refractivity contribution in [1.82, 2.24) is 15.3 Å². The zero-order valence-corrected chi connectivity index (χ0v) is 20.2. The fourth-order valence-corrected chi connectivity index (χ4v) is 4.96. The number of morpholine rings is 1. The minimum Gasteiger partial charge on any atom is -0.372 e. The summed E-state index contributed by atoms with van der Waals surface area (Å²) in [4.78, 5) is 25.0. The van der Waals surface area contributed by atoms with Gasteiger partial charge in [-0.3, -0.25) is 4.79 Å². The summed E-state index contributed by atoms with van der Waals surface area (Å²) in [7, 11) is 0. The van der Waals surface area contributed by atoms with Crippen LogP contribution in [0, 0.1) is 12.3 Å². The molecule has 0 bridgehead atoms. The van der Waals surface area contributed by atoms with Gasteiger partial charge in [0.2, 0.25) is 11.9 Å². The Hall–Kier alpha value is -2.47. The van der Waals surface area contributed by atoms with Gasteiger partial charge in [0.1, 0.15) is 0 Å². The summed E-state index contributed by atoms with van der Waals surface area (Å²) in [5.74, 6) is 0.601. The molecule has 1 N–H and O–H groups in total. The number of rotatable bonds is 4. The summed E-state index contributed by atoms with van der Waals surface area (Å²) in [6.45, 7) is 14.3. The summed E-state index contributed by atoms with van der Waals surface area (Å²) in [5, 5.41) is 3.30. The topological polar surface area (TPSA) is 67.4 Å². The van der Waals surface area contributed by atoms with Crippen LogP contribution in [0.2, 0.25) is 0 Å². The highest BCUT2D eigenvalue weighted by atomic mass is 16.5. The zero-order chi connectivity index (χ0) is 23.0. The minimum absolute atomic E-state index is 0.0439. The molecule has 6 nitrogen and oxygen atoms in total. The molecule has 1 aromatic heterocycles. The number of benzene rings is 1. The lowest BCUT2D eigenvalue weighted by molar-refractivity contribution is -0.123. The van der Waals surface area contributed by atoms with Gasteiger partial charge in [0.15, 0.2) is 0 Å². The number of aromatic nitrogens is 2. The lowest BCUT2D eigenvalue weighted by Crippen LogP contribution is -2.46. The van der Waals surface area contributed by atoms with Crippen LogP contribution in [0.1, 0.15) is 75.4 Å². The Morgan fingerprint density at radius 2 is 1.84 bits per heavy atom. The minimum atomic E-state index is -0.208. The lowest BCUT2D eigenvalue weighted by Gasteiger charge is -2.38. The first-order valence-corrected chi connectivity index (χ1v) is 11.7. The van der Waals surface area contributed by atoms with Gasteiger partial charge in [-0.25, -0.2) is 9.97 Å². The number of carbonyl (C=O) groups excluding carboxylic acids is 1. The molecule has 1 aromatic carbocycles. The van der Waals surface area contributed by atoms with Gasteiger partial charge < -0.3 is 15.0 Å². The van der Waals surface area contributed by atoms with E-state index in [0.29, 0.717) is 0 Å². The van der Waals surface area contributed by atoms with E-state index in [9.17, 15) is 4.79 Å². The second-order valence-corrected chi connectivity index (χ2v) is 10.5. The van der Waals surface area contributed by atoms with Crippen LogP contribution in [-0.2, 0) is 16.0 Å². The molecule has 0 spiro atoms. The first-order chi connectivity index (χ1) is 15.1. The Labute approximate surface area is 191 Å². The fraction of sp³-hybridized carbons (Fsp3) is 0.577. The monoisotopic (exact) mass is 436 g/mol. The summed E-state index contributed by atoms with van der Waals surface area (Å²) in [6, 6.07) is 8.11. The first kappa shape index (κ1) is 22.7. The number of ether oxygens (including phenoxy) is 1. The highest BCUT2D eigenvalue weighted by Gasteiger charge is 2.36. The van der Waals surface area contributed by atoms with E-state index in [0.717, 1.165) is 48.7 Å². The first-order valence-electron chi connectivity index (χ1n) is 11.7. The molecule has 172 valence electrons. The largest absolute Gasteiger partial charge is 0.372 e. The van der Waals surface area contributed by atoms with E-state index in [2.05, 4.69) is 57.0 Å². The normalized spacial score (nSPS) is 25.7.